The van der Waals surface area contributed by atoms with E-state index in [2.05, 4.69) is 20.6 Å². The summed E-state index contributed by atoms with van der Waals surface area (Å²) in [4.78, 5) is 8.86. The molecule has 1 saturated heterocycles. The van der Waals surface area contributed by atoms with Gasteiger partial charge in [0.1, 0.15) is 4.90 Å². The third kappa shape index (κ3) is 3.89. The second-order valence-corrected chi connectivity index (χ2v) is 7.73. The molecule has 1 atom stereocenters. The first-order valence-electron chi connectivity index (χ1n) is 7.56. The third-order valence-corrected chi connectivity index (χ3v) is 5.01. The Morgan fingerprint density at radius 1 is 1.48 bits per heavy atom. The fourth-order valence-corrected chi connectivity index (χ4v) is 3.54. The Hall–Kier alpha value is -1.93. The van der Waals surface area contributed by atoms with Crippen LogP contribution in [0.1, 0.15) is 30.0 Å². The highest BCUT2D eigenvalue weighted by molar-refractivity contribution is 7.90. The maximum absolute atomic E-state index is 12.0. The van der Waals surface area contributed by atoms with Gasteiger partial charge in [-0.25, -0.2) is 18.4 Å². The first kappa shape index (κ1) is 15.9. The molecule has 0 spiro atoms. The zero-order chi connectivity index (χ0) is 16.3. The van der Waals surface area contributed by atoms with Gasteiger partial charge in [0.15, 0.2) is 9.84 Å². The summed E-state index contributed by atoms with van der Waals surface area (Å²) >= 11 is 0. The van der Waals surface area contributed by atoms with Gasteiger partial charge in [0, 0.05) is 30.8 Å². The van der Waals surface area contributed by atoms with E-state index < -0.39 is 9.84 Å². The molecule has 2 aromatic heterocycles. The molecule has 3 heterocycles. The van der Waals surface area contributed by atoms with Gasteiger partial charge in [-0.1, -0.05) is 0 Å². The average molecular weight is 336 g/mol. The number of aromatic nitrogens is 2. The molecule has 0 aromatic carbocycles. The number of nitrogens with zero attached hydrogens (tertiary/aromatic N) is 2. The van der Waals surface area contributed by atoms with Gasteiger partial charge >= 0.3 is 0 Å². The van der Waals surface area contributed by atoms with Crippen LogP contribution in [0.25, 0.3) is 0 Å². The number of anilines is 1. The molecule has 1 fully saturated rings. The van der Waals surface area contributed by atoms with Crippen molar-refractivity contribution in [3.63, 3.8) is 0 Å². The zero-order valence-corrected chi connectivity index (χ0v) is 13.8. The molecule has 2 aromatic rings. The van der Waals surface area contributed by atoms with Crippen LogP contribution in [0.2, 0.25) is 0 Å². The van der Waals surface area contributed by atoms with E-state index in [-0.39, 0.29) is 10.8 Å². The summed E-state index contributed by atoms with van der Waals surface area (Å²) in [5.74, 6) is 0.519. The largest absolute Gasteiger partial charge is 0.472 e. The van der Waals surface area contributed by atoms with Gasteiger partial charge in [-0.2, -0.15) is 0 Å². The van der Waals surface area contributed by atoms with Gasteiger partial charge < -0.3 is 15.1 Å². The normalized spacial score (nSPS) is 18.7. The Bertz CT molecular complexity index is 753. The number of hydrogen-bond acceptors (Lipinski definition) is 7. The predicted octanol–water partition coefficient (Wildman–Crippen LogP) is 1.55. The highest BCUT2D eigenvalue weighted by Crippen LogP contribution is 2.27. The van der Waals surface area contributed by atoms with E-state index >= 15 is 0 Å². The molecule has 1 unspecified atom stereocenters. The molecule has 23 heavy (non-hydrogen) atoms. The number of hydrogen-bond donors (Lipinski definition) is 2. The van der Waals surface area contributed by atoms with Crippen molar-refractivity contribution in [3.8, 4) is 0 Å². The van der Waals surface area contributed by atoms with Gasteiger partial charge in [0.25, 0.3) is 0 Å². The highest BCUT2D eigenvalue weighted by Gasteiger charge is 2.25. The molecule has 0 radical (unpaired) electrons. The smallest absolute Gasteiger partial charge is 0.223 e. The molecule has 0 amide bonds. The second kappa shape index (κ2) is 6.67. The molecule has 0 aliphatic carbocycles. The molecule has 1 aliphatic heterocycles. The molecule has 3 rings (SSSR count). The molecule has 0 saturated carbocycles. The first-order valence-corrected chi connectivity index (χ1v) is 9.46. The van der Waals surface area contributed by atoms with Crippen molar-refractivity contribution in [3.05, 3.63) is 36.0 Å². The Morgan fingerprint density at radius 2 is 2.35 bits per heavy atom. The SMILES string of the molecule is CS(=O)(=O)c1cnc(NCc2ccoc2)nc1C1CCCNC1. The molecule has 8 heteroatoms. The summed E-state index contributed by atoms with van der Waals surface area (Å²) in [6, 6.07) is 1.85. The average Bonchev–Trinajstić information content (AvgIpc) is 3.06. The van der Waals surface area contributed by atoms with E-state index in [4.69, 9.17) is 4.42 Å². The molecule has 7 nitrogen and oxygen atoms in total. The van der Waals surface area contributed by atoms with Gasteiger partial charge in [-0.3, -0.25) is 0 Å². The van der Waals surface area contributed by atoms with Crippen LogP contribution in [0.3, 0.4) is 0 Å². The molecule has 0 bridgehead atoms. The number of rotatable bonds is 5. The van der Waals surface area contributed by atoms with Crippen LogP contribution in [0.5, 0.6) is 0 Å². The molecule has 1 aliphatic rings. The number of nitrogens with one attached hydrogen (secondary N) is 2. The molecule has 124 valence electrons. The fraction of sp³-hybridized carbons (Fsp3) is 0.467. The summed E-state index contributed by atoms with van der Waals surface area (Å²) < 4.78 is 29.1. The Kier molecular flexibility index (Phi) is 4.63. The Morgan fingerprint density at radius 3 is 3.00 bits per heavy atom. The van der Waals surface area contributed by atoms with Crippen molar-refractivity contribution < 1.29 is 12.8 Å². The first-order chi connectivity index (χ1) is 11.0. The van der Waals surface area contributed by atoms with Crippen LogP contribution in [0, 0.1) is 0 Å². The second-order valence-electron chi connectivity index (χ2n) is 5.74. The van der Waals surface area contributed by atoms with Crippen molar-refractivity contribution >= 4 is 15.8 Å². The van der Waals surface area contributed by atoms with Crippen LogP contribution in [-0.2, 0) is 16.4 Å². The lowest BCUT2D eigenvalue weighted by molar-refractivity contribution is 0.448. The van der Waals surface area contributed by atoms with Crippen LogP contribution in [0.4, 0.5) is 5.95 Å². The van der Waals surface area contributed by atoms with Gasteiger partial charge in [-0.05, 0) is 25.5 Å². The van der Waals surface area contributed by atoms with E-state index in [1.54, 1.807) is 12.5 Å². The van der Waals surface area contributed by atoms with Crippen LogP contribution in [-0.4, -0.2) is 37.7 Å². The summed E-state index contributed by atoms with van der Waals surface area (Å²) in [5.41, 5.74) is 1.58. The van der Waals surface area contributed by atoms with Gasteiger partial charge in [0.2, 0.25) is 5.95 Å². The summed E-state index contributed by atoms with van der Waals surface area (Å²) in [6.45, 7) is 2.22. The monoisotopic (exact) mass is 336 g/mol. The zero-order valence-electron chi connectivity index (χ0n) is 12.9. The predicted molar refractivity (Wildman–Crippen MR) is 86.0 cm³/mol. The van der Waals surface area contributed by atoms with Crippen molar-refractivity contribution in [1.82, 2.24) is 15.3 Å². The number of piperidine rings is 1. The van der Waals surface area contributed by atoms with Gasteiger partial charge in [-0.15, -0.1) is 0 Å². The van der Waals surface area contributed by atoms with Crippen molar-refractivity contribution in [1.29, 1.82) is 0 Å². The number of furan rings is 1. The Labute approximate surface area is 135 Å². The highest BCUT2D eigenvalue weighted by atomic mass is 32.2. The van der Waals surface area contributed by atoms with Crippen LogP contribution < -0.4 is 10.6 Å². The molecule has 2 N–H and O–H groups in total. The minimum atomic E-state index is -3.35. The van der Waals surface area contributed by atoms with E-state index in [9.17, 15) is 8.42 Å². The number of sulfone groups is 1. The van der Waals surface area contributed by atoms with Crippen molar-refractivity contribution in [2.75, 3.05) is 24.7 Å². The standard InChI is InChI=1S/C15H20N4O3S/c1-23(20,21)13-9-18-15(17-7-11-4-6-22-10-11)19-14(13)12-3-2-5-16-8-12/h4,6,9-10,12,16H,2-3,5,7-8H2,1H3,(H,17,18,19). The lowest BCUT2D eigenvalue weighted by atomic mass is 9.96. The van der Waals surface area contributed by atoms with Crippen molar-refractivity contribution in [2.45, 2.75) is 30.2 Å². The van der Waals surface area contributed by atoms with E-state index in [0.29, 0.717) is 18.2 Å². The quantitative estimate of drug-likeness (QED) is 0.855. The minimum absolute atomic E-state index is 0.0888. The van der Waals surface area contributed by atoms with Crippen LogP contribution in [0.15, 0.2) is 34.1 Å². The van der Waals surface area contributed by atoms with E-state index in [1.165, 1.54) is 12.5 Å². The topological polar surface area (TPSA) is 97.1 Å². The lowest BCUT2D eigenvalue weighted by Gasteiger charge is -2.24. The third-order valence-electron chi connectivity index (χ3n) is 3.90. The minimum Gasteiger partial charge on any atom is -0.472 e. The van der Waals surface area contributed by atoms with E-state index in [1.807, 2.05) is 6.07 Å². The van der Waals surface area contributed by atoms with Crippen molar-refractivity contribution in [2.24, 2.45) is 0 Å². The summed E-state index contributed by atoms with van der Waals surface area (Å²) in [6.07, 6.45) is 7.78. The Balaban J connectivity index is 1.87. The molecular weight excluding hydrogens is 316 g/mol. The van der Waals surface area contributed by atoms with Gasteiger partial charge in [0.05, 0.1) is 24.4 Å². The lowest BCUT2D eigenvalue weighted by Crippen LogP contribution is -2.30. The van der Waals surface area contributed by atoms with E-state index in [0.717, 1.165) is 31.5 Å². The summed E-state index contributed by atoms with van der Waals surface area (Å²) in [5, 5.41) is 6.41. The summed E-state index contributed by atoms with van der Waals surface area (Å²) in [7, 11) is -3.35. The maximum Gasteiger partial charge on any atom is 0.223 e. The molecular formula is C15H20N4O3S. The fourth-order valence-electron chi connectivity index (χ4n) is 2.71. The van der Waals surface area contributed by atoms with Crippen LogP contribution >= 0.6 is 0 Å². The maximum atomic E-state index is 12.0.